The third kappa shape index (κ3) is 1.63. The van der Waals surface area contributed by atoms with Gasteiger partial charge in [-0.3, -0.25) is 4.79 Å². The molecule has 2 bridgehead atoms. The van der Waals surface area contributed by atoms with Gasteiger partial charge >= 0.3 is 5.97 Å². The molecule has 7 nitrogen and oxygen atoms in total. The molecule has 7 heteroatoms. The number of hydroxylamine groups is 2. The van der Waals surface area contributed by atoms with Crippen molar-refractivity contribution < 1.29 is 28.6 Å². The molecule has 4 rings (SSSR count). The minimum absolute atomic E-state index is 0.306. The summed E-state index contributed by atoms with van der Waals surface area (Å²) in [4.78, 5) is 29.5. The van der Waals surface area contributed by atoms with Crippen LogP contribution in [-0.2, 0) is 28.6 Å². The van der Waals surface area contributed by atoms with Gasteiger partial charge in [-0.25, -0.2) is 14.7 Å². The van der Waals surface area contributed by atoms with Crippen molar-refractivity contribution in [3.05, 3.63) is 12.2 Å². The minimum Gasteiger partial charge on any atom is -0.466 e. The molecule has 1 amide bonds. The average Bonchev–Trinajstić information content (AvgIpc) is 2.74. The van der Waals surface area contributed by atoms with Gasteiger partial charge in [0.2, 0.25) is 11.5 Å². The van der Waals surface area contributed by atoms with Crippen molar-refractivity contribution in [2.24, 2.45) is 0 Å². The normalized spacial score (nSPS) is 40.6. The van der Waals surface area contributed by atoms with Crippen LogP contribution in [0.4, 0.5) is 0 Å². The van der Waals surface area contributed by atoms with Gasteiger partial charge in [0.25, 0.3) is 0 Å². The van der Waals surface area contributed by atoms with E-state index < -0.39 is 35.6 Å². The Morgan fingerprint density at radius 2 is 2.00 bits per heavy atom. The van der Waals surface area contributed by atoms with E-state index in [2.05, 4.69) is 0 Å². The van der Waals surface area contributed by atoms with Crippen molar-refractivity contribution in [2.75, 3.05) is 7.11 Å². The van der Waals surface area contributed by atoms with Gasteiger partial charge in [0.15, 0.2) is 5.79 Å². The summed E-state index contributed by atoms with van der Waals surface area (Å²) >= 11 is 0. The van der Waals surface area contributed by atoms with Gasteiger partial charge in [0.05, 0.1) is 7.11 Å². The summed E-state index contributed by atoms with van der Waals surface area (Å²) in [5.74, 6) is -1.77. The van der Waals surface area contributed by atoms with Crippen LogP contribution < -0.4 is 0 Å². The fraction of sp³-hybridized carbons (Fsp3) is 0.692. The van der Waals surface area contributed by atoms with E-state index in [-0.39, 0.29) is 5.91 Å². The summed E-state index contributed by atoms with van der Waals surface area (Å²) in [6.45, 7) is 4.89. The molecule has 4 aliphatic rings. The Kier molecular flexibility index (Phi) is 2.73. The molecular formula is C13H17NO6. The first-order chi connectivity index (χ1) is 9.31. The molecule has 4 unspecified atom stereocenters. The maximum absolute atomic E-state index is 12.2. The van der Waals surface area contributed by atoms with E-state index in [1.807, 2.05) is 0 Å². The van der Waals surface area contributed by atoms with E-state index >= 15 is 0 Å². The first-order valence-corrected chi connectivity index (χ1v) is 6.43. The quantitative estimate of drug-likeness (QED) is 0.504. The number of esters is 1. The average molecular weight is 283 g/mol. The monoisotopic (exact) mass is 283 g/mol. The lowest BCUT2D eigenvalue weighted by atomic mass is 9.81. The number of amides is 1. The van der Waals surface area contributed by atoms with Crippen molar-refractivity contribution in [1.29, 1.82) is 0 Å². The largest absolute Gasteiger partial charge is 0.466 e. The van der Waals surface area contributed by atoms with Crippen molar-refractivity contribution in [1.82, 2.24) is 5.06 Å². The maximum atomic E-state index is 12.2. The molecule has 0 aromatic carbocycles. The van der Waals surface area contributed by atoms with E-state index in [9.17, 15) is 9.59 Å². The van der Waals surface area contributed by atoms with Gasteiger partial charge in [0, 0.05) is 6.92 Å². The van der Waals surface area contributed by atoms with Crippen molar-refractivity contribution in [2.45, 2.75) is 50.4 Å². The fourth-order valence-electron chi connectivity index (χ4n) is 2.99. The highest BCUT2D eigenvalue weighted by Crippen LogP contribution is 2.47. The predicted molar refractivity (Wildman–Crippen MR) is 65.1 cm³/mol. The molecule has 0 N–H and O–H groups in total. The molecule has 0 saturated carbocycles. The highest BCUT2D eigenvalue weighted by Gasteiger charge is 2.67. The lowest BCUT2D eigenvalue weighted by Gasteiger charge is -2.50. The van der Waals surface area contributed by atoms with Crippen LogP contribution in [0.3, 0.4) is 0 Å². The number of carbonyl (C=O) groups excluding carboxylic acids is 2. The molecule has 0 aromatic rings. The zero-order valence-corrected chi connectivity index (χ0v) is 11.8. The van der Waals surface area contributed by atoms with Crippen LogP contribution in [0.1, 0.15) is 20.8 Å². The Balaban J connectivity index is 2.07. The zero-order valence-electron chi connectivity index (χ0n) is 11.8. The van der Waals surface area contributed by atoms with E-state index in [1.54, 1.807) is 26.0 Å². The maximum Gasteiger partial charge on any atom is 0.347 e. The number of hydrogen-bond donors (Lipinski definition) is 0. The molecule has 110 valence electrons. The molecular weight excluding hydrogens is 266 g/mol. The van der Waals surface area contributed by atoms with Gasteiger partial charge < -0.3 is 14.2 Å². The molecule has 3 aliphatic heterocycles. The number of nitrogens with zero attached hydrogens (tertiary/aromatic N) is 1. The van der Waals surface area contributed by atoms with Crippen LogP contribution in [0, 0.1) is 0 Å². The van der Waals surface area contributed by atoms with Gasteiger partial charge in [0.1, 0.15) is 18.2 Å². The van der Waals surface area contributed by atoms with Crippen LogP contribution in [0.25, 0.3) is 0 Å². The number of methoxy groups -OCH3 is 1. The van der Waals surface area contributed by atoms with Crippen LogP contribution >= 0.6 is 0 Å². The van der Waals surface area contributed by atoms with Crippen molar-refractivity contribution in [3.8, 4) is 0 Å². The highest BCUT2D eigenvalue weighted by molar-refractivity contribution is 5.85. The number of carbonyl (C=O) groups is 2. The summed E-state index contributed by atoms with van der Waals surface area (Å²) in [6.07, 6.45) is 2.21. The number of rotatable bonds is 1. The lowest BCUT2D eigenvalue weighted by molar-refractivity contribution is -0.298. The van der Waals surface area contributed by atoms with Crippen LogP contribution in [0.5, 0.6) is 0 Å². The summed E-state index contributed by atoms with van der Waals surface area (Å²) in [6, 6.07) is -0.411. The molecule has 2 saturated heterocycles. The summed E-state index contributed by atoms with van der Waals surface area (Å²) < 4.78 is 16.5. The van der Waals surface area contributed by atoms with E-state index in [0.717, 1.165) is 5.06 Å². The van der Waals surface area contributed by atoms with Gasteiger partial charge in [-0.1, -0.05) is 6.08 Å². The first kappa shape index (κ1) is 13.5. The Morgan fingerprint density at radius 1 is 1.30 bits per heavy atom. The summed E-state index contributed by atoms with van der Waals surface area (Å²) in [5.41, 5.74) is -1.48. The van der Waals surface area contributed by atoms with Crippen molar-refractivity contribution in [3.63, 3.8) is 0 Å². The predicted octanol–water partition coefficient (Wildman–Crippen LogP) is 0.150. The molecule has 20 heavy (non-hydrogen) atoms. The van der Waals surface area contributed by atoms with Crippen molar-refractivity contribution >= 4 is 11.9 Å². The van der Waals surface area contributed by atoms with E-state index in [0.29, 0.717) is 0 Å². The molecule has 1 aliphatic carbocycles. The highest BCUT2D eigenvalue weighted by atomic mass is 16.8. The second-order valence-corrected chi connectivity index (χ2v) is 5.59. The number of fused-ring (bicyclic) bond motifs is 1. The molecule has 3 heterocycles. The Hall–Kier alpha value is -1.44. The van der Waals surface area contributed by atoms with Gasteiger partial charge in [-0.2, -0.15) is 0 Å². The Labute approximate surface area is 116 Å². The Morgan fingerprint density at radius 3 is 2.60 bits per heavy atom. The van der Waals surface area contributed by atoms with E-state index in [4.69, 9.17) is 19.0 Å². The van der Waals surface area contributed by atoms with Gasteiger partial charge in [-0.15, -0.1) is 0 Å². The standard InChI is InChI=1S/C13H17NO6/c1-7(15)14-8-5-6-13(20-14,11(16)17-4)10-9(8)18-12(2,3)19-10/h5-6,8-10H,1-4H3. The number of ether oxygens (including phenoxy) is 3. The first-order valence-electron chi connectivity index (χ1n) is 6.43. The summed E-state index contributed by atoms with van der Waals surface area (Å²) in [5, 5.41) is 1.16. The third-order valence-corrected chi connectivity index (χ3v) is 3.76. The Bertz CT molecular complexity index is 501. The fourth-order valence-corrected chi connectivity index (χ4v) is 2.99. The van der Waals surface area contributed by atoms with Crippen LogP contribution in [0.2, 0.25) is 0 Å². The summed E-state index contributed by atoms with van der Waals surface area (Å²) in [7, 11) is 1.27. The second kappa shape index (κ2) is 4.03. The molecule has 0 aromatic heterocycles. The minimum atomic E-state index is -1.48. The molecule has 4 atom stereocenters. The SMILES string of the molecule is COC(=O)C12C=CC(C3OC(C)(C)OC31)N(C(C)=O)O2. The zero-order chi connectivity index (χ0) is 14.7. The third-order valence-electron chi connectivity index (χ3n) is 3.76. The molecule has 0 radical (unpaired) electrons. The van der Waals surface area contributed by atoms with Crippen LogP contribution in [0.15, 0.2) is 12.2 Å². The number of hydrogen-bond acceptors (Lipinski definition) is 6. The topological polar surface area (TPSA) is 74.3 Å². The second-order valence-electron chi connectivity index (χ2n) is 5.59. The van der Waals surface area contributed by atoms with Crippen LogP contribution in [-0.4, -0.2) is 53.7 Å². The van der Waals surface area contributed by atoms with Gasteiger partial charge in [-0.05, 0) is 19.9 Å². The van der Waals surface area contributed by atoms with E-state index in [1.165, 1.54) is 14.0 Å². The lowest BCUT2D eigenvalue weighted by Crippen LogP contribution is -2.70. The smallest absolute Gasteiger partial charge is 0.347 e. The molecule has 0 spiro atoms. The molecule has 2 fully saturated rings.